The second-order valence-corrected chi connectivity index (χ2v) is 6.53. The van der Waals surface area contributed by atoms with Gasteiger partial charge < -0.3 is 10.2 Å². The number of nitrogens with one attached hydrogen (secondary N) is 1. The monoisotopic (exact) mass is 337 g/mol. The SMILES string of the molecule is C[C@H](c1ccccc1)N1C(=O)C[C@H](Nc2ccc(N(C)C)cc2)C1=O. The summed E-state index contributed by atoms with van der Waals surface area (Å²) in [6, 6.07) is 16.7. The summed E-state index contributed by atoms with van der Waals surface area (Å²) in [7, 11) is 3.95. The van der Waals surface area contributed by atoms with E-state index in [-0.39, 0.29) is 24.3 Å². The van der Waals surface area contributed by atoms with Crippen LogP contribution >= 0.6 is 0 Å². The van der Waals surface area contributed by atoms with E-state index < -0.39 is 6.04 Å². The predicted octanol–water partition coefficient (Wildman–Crippen LogP) is 3.05. The lowest BCUT2D eigenvalue weighted by atomic mass is 10.1. The van der Waals surface area contributed by atoms with Crippen LogP contribution in [0, 0.1) is 0 Å². The largest absolute Gasteiger partial charge is 0.378 e. The van der Waals surface area contributed by atoms with Crippen molar-refractivity contribution in [3.8, 4) is 0 Å². The third-order valence-electron chi connectivity index (χ3n) is 4.58. The molecular weight excluding hydrogens is 314 g/mol. The Balaban J connectivity index is 1.72. The molecule has 0 aliphatic carbocycles. The zero-order chi connectivity index (χ0) is 18.0. The summed E-state index contributed by atoms with van der Waals surface area (Å²) in [4.78, 5) is 28.5. The van der Waals surface area contributed by atoms with Crippen molar-refractivity contribution in [2.45, 2.75) is 25.4 Å². The number of amides is 2. The van der Waals surface area contributed by atoms with Gasteiger partial charge in [0.2, 0.25) is 5.91 Å². The van der Waals surface area contributed by atoms with Crippen molar-refractivity contribution in [2.24, 2.45) is 0 Å². The molecule has 1 heterocycles. The summed E-state index contributed by atoms with van der Waals surface area (Å²) >= 11 is 0. The van der Waals surface area contributed by atoms with Crippen molar-refractivity contribution in [3.63, 3.8) is 0 Å². The fourth-order valence-corrected chi connectivity index (χ4v) is 3.11. The van der Waals surface area contributed by atoms with E-state index in [1.165, 1.54) is 4.90 Å². The Morgan fingerprint density at radius 1 is 1.04 bits per heavy atom. The van der Waals surface area contributed by atoms with Crippen LogP contribution in [-0.2, 0) is 9.59 Å². The van der Waals surface area contributed by atoms with Crippen molar-refractivity contribution in [1.29, 1.82) is 0 Å². The maximum absolute atomic E-state index is 12.7. The minimum absolute atomic E-state index is 0.135. The van der Waals surface area contributed by atoms with Crippen LogP contribution in [0.15, 0.2) is 54.6 Å². The number of carbonyl (C=O) groups is 2. The van der Waals surface area contributed by atoms with E-state index in [0.717, 1.165) is 16.9 Å². The Morgan fingerprint density at radius 3 is 2.28 bits per heavy atom. The van der Waals surface area contributed by atoms with E-state index in [9.17, 15) is 9.59 Å². The number of rotatable bonds is 5. The van der Waals surface area contributed by atoms with E-state index in [2.05, 4.69) is 5.32 Å². The maximum Gasteiger partial charge on any atom is 0.252 e. The number of carbonyl (C=O) groups excluding carboxylic acids is 2. The van der Waals surface area contributed by atoms with Gasteiger partial charge in [0.05, 0.1) is 12.5 Å². The summed E-state index contributed by atoms with van der Waals surface area (Å²) in [5, 5.41) is 3.19. The molecule has 2 aromatic rings. The van der Waals surface area contributed by atoms with Crippen LogP contribution in [0.1, 0.15) is 24.9 Å². The first-order chi connectivity index (χ1) is 12.0. The molecule has 1 aliphatic rings. The number of hydrogen-bond acceptors (Lipinski definition) is 4. The van der Waals surface area contributed by atoms with Gasteiger partial charge in [0.25, 0.3) is 5.91 Å². The van der Waals surface area contributed by atoms with Gasteiger partial charge in [-0.25, -0.2) is 0 Å². The van der Waals surface area contributed by atoms with Crippen LogP contribution in [0.25, 0.3) is 0 Å². The van der Waals surface area contributed by atoms with Crippen LogP contribution in [0.2, 0.25) is 0 Å². The van der Waals surface area contributed by atoms with Crippen molar-refractivity contribution in [1.82, 2.24) is 4.90 Å². The number of anilines is 2. The molecule has 5 heteroatoms. The lowest BCUT2D eigenvalue weighted by Crippen LogP contribution is -2.36. The molecule has 0 bridgehead atoms. The second-order valence-electron chi connectivity index (χ2n) is 6.53. The fourth-order valence-electron chi connectivity index (χ4n) is 3.11. The maximum atomic E-state index is 12.7. The van der Waals surface area contributed by atoms with Gasteiger partial charge >= 0.3 is 0 Å². The quantitative estimate of drug-likeness (QED) is 0.852. The molecule has 5 nitrogen and oxygen atoms in total. The standard InChI is InChI=1S/C20H23N3O2/c1-14(15-7-5-4-6-8-15)23-19(24)13-18(20(23)25)21-16-9-11-17(12-10-16)22(2)3/h4-12,14,18,21H,13H2,1-3H3/t14-,18+/m1/s1. The summed E-state index contributed by atoms with van der Waals surface area (Å²) < 4.78 is 0. The Kier molecular flexibility index (Phi) is 4.74. The Labute approximate surface area is 148 Å². The molecule has 0 saturated carbocycles. The van der Waals surface area contributed by atoms with Crippen LogP contribution < -0.4 is 10.2 Å². The third-order valence-corrected chi connectivity index (χ3v) is 4.58. The first-order valence-corrected chi connectivity index (χ1v) is 8.42. The Morgan fingerprint density at radius 2 is 1.68 bits per heavy atom. The zero-order valence-electron chi connectivity index (χ0n) is 14.8. The van der Waals surface area contributed by atoms with E-state index in [1.807, 2.05) is 80.5 Å². The van der Waals surface area contributed by atoms with Crippen molar-refractivity contribution < 1.29 is 9.59 Å². The first-order valence-electron chi connectivity index (χ1n) is 8.42. The molecule has 1 N–H and O–H groups in total. The van der Waals surface area contributed by atoms with Gasteiger partial charge in [-0.3, -0.25) is 14.5 Å². The van der Waals surface area contributed by atoms with E-state index >= 15 is 0 Å². The number of likely N-dealkylation sites (tertiary alicyclic amines) is 1. The van der Waals surface area contributed by atoms with Crippen LogP contribution in [0.3, 0.4) is 0 Å². The van der Waals surface area contributed by atoms with Gasteiger partial charge in [-0.15, -0.1) is 0 Å². The highest BCUT2D eigenvalue weighted by Gasteiger charge is 2.41. The van der Waals surface area contributed by atoms with Crippen LogP contribution in [-0.4, -0.2) is 36.9 Å². The average molecular weight is 337 g/mol. The highest BCUT2D eigenvalue weighted by atomic mass is 16.2. The van der Waals surface area contributed by atoms with Crippen LogP contribution in [0.5, 0.6) is 0 Å². The molecule has 1 saturated heterocycles. The molecule has 0 spiro atoms. The lowest BCUT2D eigenvalue weighted by molar-refractivity contribution is -0.141. The summed E-state index contributed by atoms with van der Waals surface area (Å²) in [6.45, 7) is 1.89. The predicted molar refractivity (Wildman–Crippen MR) is 99.5 cm³/mol. The van der Waals surface area contributed by atoms with E-state index in [4.69, 9.17) is 0 Å². The van der Waals surface area contributed by atoms with Crippen molar-refractivity contribution in [2.75, 3.05) is 24.3 Å². The van der Waals surface area contributed by atoms with Gasteiger partial charge in [-0.2, -0.15) is 0 Å². The average Bonchev–Trinajstić information content (AvgIpc) is 2.89. The fraction of sp³-hybridized carbons (Fsp3) is 0.300. The Bertz CT molecular complexity index is 756. The van der Waals surface area contributed by atoms with Gasteiger partial charge in [-0.05, 0) is 36.8 Å². The molecule has 1 aliphatic heterocycles. The lowest BCUT2D eigenvalue weighted by Gasteiger charge is -2.23. The summed E-state index contributed by atoms with van der Waals surface area (Å²) in [6.07, 6.45) is 0.186. The minimum Gasteiger partial charge on any atom is -0.378 e. The number of imide groups is 1. The minimum atomic E-state index is -0.510. The molecule has 2 aromatic carbocycles. The molecular formula is C20H23N3O2. The molecule has 130 valence electrons. The summed E-state index contributed by atoms with van der Waals surface area (Å²) in [5.41, 5.74) is 2.88. The van der Waals surface area contributed by atoms with Crippen molar-refractivity contribution >= 4 is 23.2 Å². The normalized spacial score (nSPS) is 18.4. The topological polar surface area (TPSA) is 52.7 Å². The first kappa shape index (κ1) is 17.0. The molecule has 1 fully saturated rings. The van der Waals surface area contributed by atoms with E-state index in [1.54, 1.807) is 0 Å². The Hall–Kier alpha value is -2.82. The smallest absolute Gasteiger partial charge is 0.252 e. The number of nitrogens with zero attached hydrogens (tertiary/aromatic N) is 2. The molecule has 0 aromatic heterocycles. The molecule has 25 heavy (non-hydrogen) atoms. The highest BCUT2D eigenvalue weighted by molar-refractivity contribution is 6.07. The zero-order valence-corrected chi connectivity index (χ0v) is 14.8. The number of hydrogen-bond donors (Lipinski definition) is 1. The second kappa shape index (κ2) is 6.97. The highest BCUT2D eigenvalue weighted by Crippen LogP contribution is 2.28. The molecule has 2 atom stereocenters. The van der Waals surface area contributed by atoms with Gasteiger partial charge in [0, 0.05) is 25.5 Å². The molecule has 0 unspecified atom stereocenters. The van der Waals surface area contributed by atoms with Crippen molar-refractivity contribution in [3.05, 3.63) is 60.2 Å². The van der Waals surface area contributed by atoms with Gasteiger partial charge in [0.15, 0.2) is 0 Å². The van der Waals surface area contributed by atoms with Gasteiger partial charge in [0.1, 0.15) is 6.04 Å². The summed E-state index contributed by atoms with van der Waals surface area (Å²) in [5.74, 6) is -0.304. The molecule has 2 amide bonds. The van der Waals surface area contributed by atoms with Crippen LogP contribution in [0.4, 0.5) is 11.4 Å². The van der Waals surface area contributed by atoms with Gasteiger partial charge in [-0.1, -0.05) is 30.3 Å². The number of benzene rings is 2. The third kappa shape index (κ3) is 3.50. The molecule has 3 rings (SSSR count). The van der Waals surface area contributed by atoms with E-state index in [0.29, 0.717) is 0 Å². The molecule has 0 radical (unpaired) electrons.